The third-order valence-corrected chi connectivity index (χ3v) is 1.99. The molecular formula is C8H13BrN2O. The second-order valence-corrected chi connectivity index (χ2v) is 3.22. The molecule has 0 saturated heterocycles. The molecule has 1 heterocycles. The normalized spacial score (nSPS) is 10.6. The smallest absolute Gasteiger partial charge is 0.136 e. The van der Waals surface area contributed by atoms with Gasteiger partial charge in [-0.15, -0.1) is 0 Å². The maximum Gasteiger partial charge on any atom is 0.136 e. The first kappa shape index (κ1) is 9.74. The highest BCUT2D eigenvalue weighted by Crippen LogP contribution is 2.10. The first-order valence-corrected chi connectivity index (χ1v) is 4.86. The van der Waals surface area contributed by atoms with Crippen molar-refractivity contribution in [3.05, 3.63) is 16.6 Å². The van der Waals surface area contributed by atoms with Crippen LogP contribution in [0.25, 0.3) is 0 Å². The summed E-state index contributed by atoms with van der Waals surface area (Å²) in [5.41, 5.74) is 0. The lowest BCUT2D eigenvalue weighted by atomic mass is 10.6. The summed E-state index contributed by atoms with van der Waals surface area (Å²) >= 11 is 3.33. The molecule has 0 radical (unpaired) electrons. The molecule has 4 heteroatoms. The first-order valence-electron chi connectivity index (χ1n) is 4.07. The van der Waals surface area contributed by atoms with Crippen molar-refractivity contribution < 1.29 is 4.74 Å². The maximum atomic E-state index is 5.27. The Bertz CT molecular complexity index is 247. The van der Waals surface area contributed by atoms with Gasteiger partial charge >= 0.3 is 0 Å². The number of aromatic nitrogens is 2. The highest BCUT2D eigenvalue weighted by Gasteiger charge is 2.03. The number of halogens is 1. The molecule has 68 valence electrons. The monoisotopic (exact) mass is 232 g/mol. The Hall–Kier alpha value is -0.350. The van der Waals surface area contributed by atoms with Gasteiger partial charge in [0, 0.05) is 19.3 Å². The number of imidazole rings is 1. The van der Waals surface area contributed by atoms with Crippen LogP contribution in [0.1, 0.15) is 19.7 Å². The molecule has 0 N–H and O–H groups in total. The first-order chi connectivity index (χ1) is 5.77. The van der Waals surface area contributed by atoms with E-state index in [-0.39, 0.29) is 0 Å². The topological polar surface area (TPSA) is 27.1 Å². The summed E-state index contributed by atoms with van der Waals surface area (Å²) in [6.45, 7) is 6.32. The number of rotatable bonds is 4. The van der Waals surface area contributed by atoms with Gasteiger partial charge in [-0.05, 0) is 29.8 Å². The van der Waals surface area contributed by atoms with Crippen molar-refractivity contribution in [3.8, 4) is 0 Å². The Morgan fingerprint density at radius 1 is 1.58 bits per heavy atom. The van der Waals surface area contributed by atoms with Crippen molar-refractivity contribution in [2.45, 2.75) is 27.0 Å². The van der Waals surface area contributed by atoms with Crippen LogP contribution in [0, 0.1) is 0 Å². The zero-order valence-electron chi connectivity index (χ0n) is 7.38. The van der Waals surface area contributed by atoms with Gasteiger partial charge in [0.25, 0.3) is 0 Å². The molecule has 0 aliphatic rings. The van der Waals surface area contributed by atoms with E-state index in [0.717, 1.165) is 23.6 Å². The van der Waals surface area contributed by atoms with Gasteiger partial charge in [-0.2, -0.15) is 0 Å². The van der Waals surface area contributed by atoms with Gasteiger partial charge < -0.3 is 9.30 Å². The largest absolute Gasteiger partial charge is 0.374 e. The minimum absolute atomic E-state index is 0.593. The Kier molecular flexibility index (Phi) is 3.75. The van der Waals surface area contributed by atoms with E-state index in [2.05, 4.69) is 32.4 Å². The molecule has 0 aliphatic carbocycles. The standard InChI is InChI=1S/C8H13BrN2O/c1-3-11-5-7(9)10-8(11)6-12-4-2/h5H,3-4,6H2,1-2H3. The summed E-state index contributed by atoms with van der Waals surface area (Å²) in [5, 5.41) is 0. The van der Waals surface area contributed by atoms with Gasteiger partial charge in [0.05, 0.1) is 0 Å². The average Bonchev–Trinajstić information content (AvgIpc) is 2.42. The lowest BCUT2D eigenvalue weighted by Gasteiger charge is -2.03. The van der Waals surface area contributed by atoms with E-state index in [1.54, 1.807) is 0 Å². The van der Waals surface area contributed by atoms with Crippen LogP contribution in [-0.4, -0.2) is 16.2 Å². The summed E-state index contributed by atoms with van der Waals surface area (Å²) in [4.78, 5) is 4.27. The van der Waals surface area contributed by atoms with Crippen LogP contribution < -0.4 is 0 Å². The second kappa shape index (κ2) is 4.62. The average molecular weight is 233 g/mol. The lowest BCUT2D eigenvalue weighted by Crippen LogP contribution is -2.03. The second-order valence-electron chi connectivity index (χ2n) is 2.40. The van der Waals surface area contributed by atoms with Crippen LogP contribution in [0.2, 0.25) is 0 Å². The fraction of sp³-hybridized carbons (Fsp3) is 0.625. The van der Waals surface area contributed by atoms with E-state index in [0.29, 0.717) is 6.61 Å². The number of aryl methyl sites for hydroxylation is 1. The van der Waals surface area contributed by atoms with Crippen molar-refractivity contribution in [1.29, 1.82) is 0 Å². The highest BCUT2D eigenvalue weighted by atomic mass is 79.9. The summed E-state index contributed by atoms with van der Waals surface area (Å²) < 4.78 is 8.21. The minimum Gasteiger partial charge on any atom is -0.374 e. The number of hydrogen-bond acceptors (Lipinski definition) is 2. The fourth-order valence-corrected chi connectivity index (χ4v) is 1.45. The van der Waals surface area contributed by atoms with Gasteiger partial charge in [0.2, 0.25) is 0 Å². The predicted molar refractivity (Wildman–Crippen MR) is 50.9 cm³/mol. The van der Waals surface area contributed by atoms with E-state index >= 15 is 0 Å². The summed E-state index contributed by atoms with van der Waals surface area (Å²) in [5.74, 6) is 0.978. The Balaban J connectivity index is 2.68. The highest BCUT2D eigenvalue weighted by molar-refractivity contribution is 9.10. The Labute approximate surface area is 80.9 Å². The van der Waals surface area contributed by atoms with Crippen molar-refractivity contribution in [1.82, 2.24) is 9.55 Å². The molecule has 0 fully saturated rings. The summed E-state index contributed by atoms with van der Waals surface area (Å²) in [7, 11) is 0. The van der Waals surface area contributed by atoms with E-state index in [4.69, 9.17) is 4.74 Å². The molecule has 3 nitrogen and oxygen atoms in total. The molecule has 12 heavy (non-hydrogen) atoms. The van der Waals surface area contributed by atoms with E-state index in [1.165, 1.54) is 0 Å². The third-order valence-electron chi connectivity index (χ3n) is 1.61. The molecule has 0 saturated carbocycles. The third kappa shape index (κ3) is 2.32. The van der Waals surface area contributed by atoms with Crippen LogP contribution in [0.4, 0.5) is 0 Å². The lowest BCUT2D eigenvalue weighted by molar-refractivity contribution is 0.125. The van der Waals surface area contributed by atoms with Gasteiger partial charge in [-0.3, -0.25) is 0 Å². The van der Waals surface area contributed by atoms with Crippen LogP contribution >= 0.6 is 15.9 Å². The molecule has 0 aromatic carbocycles. The van der Waals surface area contributed by atoms with Gasteiger partial charge in [-0.25, -0.2) is 4.98 Å². The molecule has 1 aromatic rings. The van der Waals surface area contributed by atoms with Crippen LogP contribution in [0.5, 0.6) is 0 Å². The summed E-state index contributed by atoms with van der Waals surface area (Å²) in [6.07, 6.45) is 1.97. The number of hydrogen-bond donors (Lipinski definition) is 0. The molecular weight excluding hydrogens is 220 g/mol. The van der Waals surface area contributed by atoms with Gasteiger partial charge in [-0.1, -0.05) is 0 Å². The van der Waals surface area contributed by atoms with Crippen molar-refractivity contribution in [2.75, 3.05) is 6.61 Å². The van der Waals surface area contributed by atoms with Crippen LogP contribution in [0.15, 0.2) is 10.8 Å². The molecule has 0 unspecified atom stereocenters. The maximum absolute atomic E-state index is 5.27. The van der Waals surface area contributed by atoms with Gasteiger partial charge in [0.15, 0.2) is 0 Å². The molecule has 0 spiro atoms. The zero-order valence-corrected chi connectivity index (χ0v) is 8.97. The Morgan fingerprint density at radius 3 is 2.92 bits per heavy atom. The van der Waals surface area contributed by atoms with E-state index in [1.807, 2.05) is 13.1 Å². The molecule has 0 aliphatic heterocycles. The number of ether oxygens (including phenoxy) is 1. The molecule has 0 amide bonds. The molecule has 1 aromatic heterocycles. The van der Waals surface area contributed by atoms with E-state index in [9.17, 15) is 0 Å². The van der Waals surface area contributed by atoms with Crippen LogP contribution in [-0.2, 0) is 17.9 Å². The Morgan fingerprint density at radius 2 is 2.33 bits per heavy atom. The zero-order chi connectivity index (χ0) is 8.97. The van der Waals surface area contributed by atoms with Crippen molar-refractivity contribution >= 4 is 15.9 Å². The SMILES string of the molecule is CCOCc1nc(Br)cn1CC. The van der Waals surface area contributed by atoms with Crippen molar-refractivity contribution in [3.63, 3.8) is 0 Å². The fourth-order valence-electron chi connectivity index (χ4n) is 1.00. The van der Waals surface area contributed by atoms with E-state index < -0.39 is 0 Å². The quantitative estimate of drug-likeness (QED) is 0.797. The van der Waals surface area contributed by atoms with Crippen molar-refractivity contribution in [2.24, 2.45) is 0 Å². The summed E-state index contributed by atoms with van der Waals surface area (Å²) in [6, 6.07) is 0. The molecule has 0 atom stereocenters. The molecule has 0 bridgehead atoms. The molecule has 1 rings (SSSR count). The number of nitrogens with zero attached hydrogens (tertiary/aromatic N) is 2. The van der Waals surface area contributed by atoms with Crippen LogP contribution in [0.3, 0.4) is 0 Å². The predicted octanol–water partition coefficient (Wildman–Crippen LogP) is 2.20. The minimum atomic E-state index is 0.593. The van der Waals surface area contributed by atoms with Gasteiger partial charge in [0.1, 0.15) is 17.0 Å².